The van der Waals surface area contributed by atoms with Crippen molar-refractivity contribution in [3.05, 3.63) is 65.9 Å². The summed E-state index contributed by atoms with van der Waals surface area (Å²) in [6.07, 6.45) is 7.90. The Bertz CT molecular complexity index is 835. The summed E-state index contributed by atoms with van der Waals surface area (Å²) in [7, 11) is 0. The Hall–Kier alpha value is -2.56. The molecule has 0 N–H and O–H groups in total. The molecule has 0 amide bonds. The largest absolute Gasteiger partial charge is 0.462 e. The molecule has 1 fully saturated rings. The summed E-state index contributed by atoms with van der Waals surface area (Å²) < 4.78 is 34.0. The van der Waals surface area contributed by atoms with Crippen LogP contribution in [0.3, 0.4) is 0 Å². The van der Waals surface area contributed by atoms with Gasteiger partial charge in [0.25, 0.3) is 0 Å². The zero-order valence-corrected chi connectivity index (χ0v) is 13.5. The number of esters is 1. The molecule has 4 rings (SSSR count). The summed E-state index contributed by atoms with van der Waals surface area (Å²) in [5, 5.41) is 0. The highest BCUT2D eigenvalue weighted by Gasteiger charge is 2.36. The van der Waals surface area contributed by atoms with Crippen molar-refractivity contribution in [3.63, 3.8) is 0 Å². The molecule has 3 unspecified atom stereocenters. The van der Waals surface area contributed by atoms with Gasteiger partial charge in [0.15, 0.2) is 0 Å². The first-order chi connectivity index (χ1) is 12.1. The van der Waals surface area contributed by atoms with Crippen molar-refractivity contribution in [2.24, 2.45) is 17.8 Å². The number of benzene rings is 1. The number of fused-ring (bicyclic) bond motifs is 2. The molecule has 1 aromatic carbocycles. The average molecular weight is 341 g/mol. The molecule has 3 atom stereocenters. The van der Waals surface area contributed by atoms with Crippen molar-refractivity contribution in [3.8, 4) is 11.3 Å². The first-order valence-electron chi connectivity index (χ1n) is 8.38. The zero-order valence-electron chi connectivity index (χ0n) is 13.5. The molecule has 0 radical (unpaired) electrons. The maximum atomic E-state index is 14.7. The second kappa shape index (κ2) is 6.39. The minimum absolute atomic E-state index is 0.0804. The van der Waals surface area contributed by atoms with Crippen LogP contribution in [0.5, 0.6) is 0 Å². The third-order valence-corrected chi connectivity index (χ3v) is 5.08. The Morgan fingerprint density at radius 3 is 2.72 bits per heavy atom. The highest BCUT2D eigenvalue weighted by Crippen LogP contribution is 2.43. The number of nitrogens with zero attached hydrogens (tertiary/aromatic N) is 1. The second-order valence-electron chi connectivity index (χ2n) is 6.64. The number of hydrogen-bond acceptors (Lipinski definition) is 3. The number of pyridine rings is 1. The molecule has 2 bridgehead atoms. The molecule has 2 aliphatic carbocycles. The smallest absolute Gasteiger partial charge is 0.344 e. The minimum Gasteiger partial charge on any atom is -0.462 e. The highest BCUT2D eigenvalue weighted by atomic mass is 19.1. The lowest BCUT2D eigenvalue weighted by Crippen LogP contribution is -2.19. The van der Waals surface area contributed by atoms with Crippen LogP contribution in [0.25, 0.3) is 11.3 Å². The summed E-state index contributed by atoms with van der Waals surface area (Å²) in [5.74, 6) is -1.61. The van der Waals surface area contributed by atoms with Crippen molar-refractivity contribution < 1.29 is 18.3 Å². The molecule has 128 valence electrons. The molecule has 1 saturated carbocycles. The summed E-state index contributed by atoms with van der Waals surface area (Å²) in [6, 6.07) is 7.36. The topological polar surface area (TPSA) is 39.2 Å². The Morgan fingerprint density at radius 2 is 2.04 bits per heavy atom. The lowest BCUT2D eigenvalue weighted by Gasteiger charge is -2.18. The molecule has 1 aromatic heterocycles. The predicted molar refractivity (Wildman–Crippen MR) is 88.7 cm³/mol. The maximum absolute atomic E-state index is 14.7. The van der Waals surface area contributed by atoms with Gasteiger partial charge < -0.3 is 4.74 Å². The van der Waals surface area contributed by atoms with Crippen LogP contribution in [0.15, 0.2) is 48.7 Å². The predicted octanol–water partition coefficient (Wildman–Crippen LogP) is 4.40. The van der Waals surface area contributed by atoms with Gasteiger partial charge in [-0.2, -0.15) is 0 Å². The number of ether oxygens (including phenoxy) is 1. The molecule has 0 saturated heterocycles. The number of hydrogen-bond donors (Lipinski definition) is 0. The summed E-state index contributed by atoms with van der Waals surface area (Å²) >= 11 is 0. The molecule has 0 aliphatic heterocycles. The fourth-order valence-corrected chi connectivity index (χ4v) is 3.80. The fourth-order valence-electron chi connectivity index (χ4n) is 3.80. The van der Waals surface area contributed by atoms with Gasteiger partial charge in [-0.15, -0.1) is 0 Å². The molecule has 0 spiro atoms. The van der Waals surface area contributed by atoms with Crippen LogP contribution in [0, 0.1) is 29.4 Å². The molecule has 2 aliphatic rings. The fraction of sp³-hybridized carbons (Fsp3) is 0.300. The number of carbonyl (C=O) groups excluding carboxylic acids is 1. The van der Waals surface area contributed by atoms with E-state index in [2.05, 4.69) is 17.1 Å². The highest BCUT2D eigenvalue weighted by molar-refractivity contribution is 5.91. The van der Waals surface area contributed by atoms with E-state index in [0.717, 1.165) is 18.9 Å². The Morgan fingerprint density at radius 1 is 1.16 bits per heavy atom. The van der Waals surface area contributed by atoms with E-state index in [1.165, 1.54) is 12.3 Å². The van der Waals surface area contributed by atoms with Gasteiger partial charge in [0.05, 0.1) is 12.3 Å². The van der Waals surface area contributed by atoms with Crippen LogP contribution in [-0.2, 0) is 4.74 Å². The third-order valence-electron chi connectivity index (χ3n) is 5.08. The van der Waals surface area contributed by atoms with Crippen molar-refractivity contribution in [2.75, 3.05) is 6.61 Å². The van der Waals surface area contributed by atoms with Gasteiger partial charge in [-0.3, -0.25) is 4.98 Å². The van der Waals surface area contributed by atoms with Gasteiger partial charge in [0, 0.05) is 11.8 Å². The number of rotatable bonds is 4. The van der Waals surface area contributed by atoms with Crippen molar-refractivity contribution in [1.82, 2.24) is 4.98 Å². The van der Waals surface area contributed by atoms with E-state index in [9.17, 15) is 13.6 Å². The standard InChI is InChI=1S/C20H17F2NO2/c21-16-7-6-15(17-3-1-2-8-23-17)19(22)18(16)20(24)25-11-14-10-12-4-5-13(14)9-12/h1-8,12-14H,9-11H2. The number of halogens is 2. The normalized spacial score (nSPS) is 23.8. The van der Waals surface area contributed by atoms with Gasteiger partial charge in [-0.25, -0.2) is 13.6 Å². The molecule has 1 heterocycles. The van der Waals surface area contributed by atoms with Crippen LogP contribution in [0.2, 0.25) is 0 Å². The molecule has 2 aromatic rings. The van der Waals surface area contributed by atoms with E-state index in [0.29, 0.717) is 17.5 Å². The Labute approximate surface area is 144 Å². The second-order valence-corrected chi connectivity index (χ2v) is 6.64. The molecule has 3 nitrogen and oxygen atoms in total. The van der Waals surface area contributed by atoms with Gasteiger partial charge in [-0.05, 0) is 54.9 Å². The van der Waals surface area contributed by atoms with E-state index >= 15 is 0 Å². The van der Waals surface area contributed by atoms with Crippen LogP contribution in [-0.4, -0.2) is 17.6 Å². The number of aromatic nitrogens is 1. The van der Waals surface area contributed by atoms with Crippen LogP contribution < -0.4 is 0 Å². The van der Waals surface area contributed by atoms with E-state index in [1.807, 2.05) is 0 Å². The monoisotopic (exact) mass is 341 g/mol. The van der Waals surface area contributed by atoms with E-state index in [4.69, 9.17) is 4.74 Å². The SMILES string of the molecule is O=C(OCC1CC2C=CC1C2)c1c(F)ccc(-c2ccccn2)c1F. The summed E-state index contributed by atoms with van der Waals surface area (Å²) in [4.78, 5) is 16.3. The quantitative estimate of drug-likeness (QED) is 0.611. The first-order valence-corrected chi connectivity index (χ1v) is 8.38. The van der Waals surface area contributed by atoms with Gasteiger partial charge in [0.1, 0.15) is 17.2 Å². The van der Waals surface area contributed by atoms with Crippen molar-refractivity contribution in [2.45, 2.75) is 12.8 Å². The molecule has 5 heteroatoms. The molecular formula is C20H17F2NO2. The Balaban J connectivity index is 1.55. The minimum atomic E-state index is -0.959. The number of allylic oxidation sites excluding steroid dienone is 2. The lowest BCUT2D eigenvalue weighted by molar-refractivity contribution is 0.0410. The summed E-state index contributed by atoms with van der Waals surface area (Å²) in [5.41, 5.74) is -0.231. The van der Waals surface area contributed by atoms with E-state index in [1.54, 1.807) is 18.2 Å². The summed E-state index contributed by atoms with van der Waals surface area (Å²) in [6.45, 7) is 0.192. The van der Waals surface area contributed by atoms with Gasteiger partial charge in [-0.1, -0.05) is 18.2 Å². The van der Waals surface area contributed by atoms with Crippen molar-refractivity contribution >= 4 is 5.97 Å². The third kappa shape index (κ3) is 2.95. The van der Waals surface area contributed by atoms with Crippen molar-refractivity contribution in [1.29, 1.82) is 0 Å². The zero-order chi connectivity index (χ0) is 17.4. The number of carbonyl (C=O) groups is 1. The van der Waals surface area contributed by atoms with E-state index in [-0.39, 0.29) is 18.1 Å². The Kier molecular flexibility index (Phi) is 4.07. The first kappa shape index (κ1) is 15.9. The maximum Gasteiger partial charge on any atom is 0.344 e. The molecule has 25 heavy (non-hydrogen) atoms. The van der Waals surface area contributed by atoms with Gasteiger partial charge in [0.2, 0.25) is 0 Å². The van der Waals surface area contributed by atoms with E-state index < -0.39 is 23.2 Å². The van der Waals surface area contributed by atoms with Crippen LogP contribution in [0.1, 0.15) is 23.2 Å². The van der Waals surface area contributed by atoms with Crippen LogP contribution >= 0.6 is 0 Å². The molecular weight excluding hydrogens is 324 g/mol. The van der Waals surface area contributed by atoms with Crippen LogP contribution in [0.4, 0.5) is 8.78 Å². The van der Waals surface area contributed by atoms with Gasteiger partial charge >= 0.3 is 5.97 Å². The lowest BCUT2D eigenvalue weighted by atomic mass is 9.94. The average Bonchev–Trinajstić information content (AvgIpc) is 3.24.